The molecule has 4 heteroatoms. The number of hydrogen-bond acceptors (Lipinski definition) is 3. The van der Waals surface area contributed by atoms with Gasteiger partial charge in [0.1, 0.15) is 6.29 Å². The highest BCUT2D eigenvalue weighted by molar-refractivity contribution is 5.98. The van der Waals surface area contributed by atoms with Gasteiger partial charge in [-0.1, -0.05) is 0 Å². The summed E-state index contributed by atoms with van der Waals surface area (Å²) in [5, 5.41) is 0. The van der Waals surface area contributed by atoms with E-state index in [4.69, 9.17) is 12.8 Å². The normalized spacial score (nSPS) is 16.2. The van der Waals surface area contributed by atoms with Gasteiger partial charge in [-0.2, -0.15) is 0 Å². The summed E-state index contributed by atoms with van der Waals surface area (Å²) in [6.45, 7) is 1.79. The van der Waals surface area contributed by atoms with E-state index in [2.05, 4.69) is 4.65 Å². The van der Waals surface area contributed by atoms with E-state index in [-0.39, 0.29) is 18.6 Å². The molecule has 0 fully saturated rings. The van der Waals surface area contributed by atoms with Gasteiger partial charge in [-0.3, -0.25) is 0 Å². The summed E-state index contributed by atoms with van der Waals surface area (Å²) in [4.78, 5) is 10.0. The van der Waals surface area contributed by atoms with E-state index in [1.807, 2.05) is 0 Å². The Labute approximate surface area is 62.1 Å². The molecule has 0 N–H and O–H groups in total. The number of ether oxygens (including phenoxy) is 1. The van der Waals surface area contributed by atoms with Crippen LogP contribution < -0.4 is 0 Å². The molecular weight excluding hydrogens is 131 g/mol. The van der Waals surface area contributed by atoms with E-state index in [0.717, 1.165) is 6.29 Å². The molecule has 0 bridgehead atoms. The Balaban J connectivity index is 3.67. The number of hydrogen-bond donors (Lipinski definition) is 0. The molecule has 56 valence electrons. The molecule has 0 unspecified atom stereocenters. The Bertz CT molecular complexity index is 97.0. The van der Waals surface area contributed by atoms with E-state index in [9.17, 15) is 4.79 Å². The highest BCUT2D eigenvalue weighted by Crippen LogP contribution is 2.03. The lowest BCUT2D eigenvalue weighted by atomic mass is 10.1. The van der Waals surface area contributed by atoms with E-state index in [1.54, 1.807) is 14.0 Å². The smallest absolute Gasteiger partial charge is 0.283 e. The van der Waals surface area contributed by atoms with Crippen LogP contribution in [0.1, 0.15) is 13.3 Å². The van der Waals surface area contributed by atoms with Crippen molar-refractivity contribution >= 4 is 14.3 Å². The molecule has 2 radical (unpaired) electrons. The van der Waals surface area contributed by atoms with E-state index >= 15 is 0 Å². The van der Waals surface area contributed by atoms with Crippen LogP contribution in [-0.2, 0) is 14.2 Å². The van der Waals surface area contributed by atoms with Crippen molar-refractivity contribution in [3.05, 3.63) is 0 Å². The Hall–Kier alpha value is -0.345. The fourth-order valence-electron chi connectivity index (χ4n) is 0.604. The van der Waals surface area contributed by atoms with Crippen LogP contribution in [0.15, 0.2) is 0 Å². The van der Waals surface area contributed by atoms with Crippen LogP contribution in [0.25, 0.3) is 0 Å². The van der Waals surface area contributed by atoms with E-state index in [0.29, 0.717) is 0 Å². The third-order valence-corrected chi connectivity index (χ3v) is 1.40. The van der Waals surface area contributed by atoms with Crippen LogP contribution in [0, 0.1) is 0 Å². The highest BCUT2D eigenvalue weighted by Gasteiger charge is 2.13. The van der Waals surface area contributed by atoms with Gasteiger partial charge in [0.15, 0.2) is 0 Å². The molecule has 0 amide bonds. The SMILES string of the molecule is [B]O[C@H](CC=O)[C@H](C)OC. The highest BCUT2D eigenvalue weighted by atomic mass is 16.5. The largest absolute Gasteiger partial charge is 0.442 e. The lowest BCUT2D eigenvalue weighted by molar-refractivity contribution is -0.110. The molecule has 0 spiro atoms. The van der Waals surface area contributed by atoms with Gasteiger partial charge in [-0.25, -0.2) is 0 Å². The van der Waals surface area contributed by atoms with Crippen molar-refractivity contribution in [2.45, 2.75) is 25.6 Å². The lowest BCUT2D eigenvalue weighted by Gasteiger charge is -2.19. The van der Waals surface area contributed by atoms with E-state index < -0.39 is 0 Å². The van der Waals surface area contributed by atoms with Gasteiger partial charge < -0.3 is 14.2 Å². The van der Waals surface area contributed by atoms with Crippen molar-refractivity contribution in [1.29, 1.82) is 0 Å². The van der Waals surface area contributed by atoms with Crippen LogP contribution in [-0.4, -0.2) is 33.7 Å². The number of rotatable bonds is 5. The van der Waals surface area contributed by atoms with Gasteiger partial charge in [0.25, 0.3) is 8.05 Å². The Morgan fingerprint density at radius 3 is 2.60 bits per heavy atom. The third kappa shape index (κ3) is 2.99. The van der Waals surface area contributed by atoms with E-state index in [1.165, 1.54) is 0 Å². The fourth-order valence-corrected chi connectivity index (χ4v) is 0.604. The number of methoxy groups -OCH3 is 1. The zero-order valence-corrected chi connectivity index (χ0v) is 6.24. The summed E-state index contributed by atoms with van der Waals surface area (Å²) < 4.78 is 9.38. The Morgan fingerprint density at radius 1 is 1.70 bits per heavy atom. The molecule has 0 aliphatic heterocycles. The van der Waals surface area contributed by atoms with Gasteiger partial charge >= 0.3 is 0 Å². The van der Waals surface area contributed by atoms with Gasteiger partial charge in [0, 0.05) is 13.5 Å². The number of aldehydes is 1. The quantitative estimate of drug-likeness (QED) is 0.402. The molecule has 3 nitrogen and oxygen atoms in total. The number of carbonyl (C=O) groups excluding carboxylic acids is 1. The summed E-state index contributed by atoms with van der Waals surface area (Å²) in [7, 11) is 6.44. The summed E-state index contributed by atoms with van der Waals surface area (Å²) in [5.41, 5.74) is 0. The second-order valence-electron chi connectivity index (χ2n) is 2.02. The van der Waals surface area contributed by atoms with Crippen LogP contribution >= 0.6 is 0 Å². The summed E-state index contributed by atoms with van der Waals surface area (Å²) in [5.74, 6) is 0. The molecule has 0 aliphatic rings. The predicted octanol–water partition coefficient (Wildman–Crippen LogP) is 0.0790. The standard InChI is InChI=1S/C6H11BO3/c1-5(9-2)6(10-7)3-4-8/h4-6H,3H2,1-2H3/t5-,6+/m0/s1. The molecule has 0 saturated heterocycles. The predicted molar refractivity (Wildman–Crippen MR) is 37.8 cm³/mol. The van der Waals surface area contributed by atoms with Crippen molar-refractivity contribution in [2.24, 2.45) is 0 Å². The van der Waals surface area contributed by atoms with Crippen molar-refractivity contribution in [2.75, 3.05) is 7.11 Å². The first-order chi connectivity index (χ1) is 4.76. The van der Waals surface area contributed by atoms with Crippen molar-refractivity contribution in [1.82, 2.24) is 0 Å². The van der Waals surface area contributed by atoms with Gasteiger partial charge in [-0.05, 0) is 6.92 Å². The minimum absolute atomic E-state index is 0.143. The molecule has 0 aliphatic carbocycles. The van der Waals surface area contributed by atoms with Crippen LogP contribution in [0.2, 0.25) is 0 Å². The molecule has 0 saturated carbocycles. The molecule has 10 heavy (non-hydrogen) atoms. The minimum atomic E-state index is -0.331. The maximum atomic E-state index is 10.0. The van der Waals surface area contributed by atoms with Gasteiger partial charge in [0.2, 0.25) is 0 Å². The third-order valence-electron chi connectivity index (χ3n) is 1.40. The summed E-state index contributed by atoms with van der Waals surface area (Å²) in [6, 6.07) is 0. The topological polar surface area (TPSA) is 35.5 Å². The molecule has 0 aromatic rings. The fraction of sp³-hybridized carbons (Fsp3) is 0.833. The Kier molecular flexibility index (Phi) is 5.25. The average Bonchev–Trinajstić information content (AvgIpc) is 1.99. The molecule has 0 aromatic heterocycles. The van der Waals surface area contributed by atoms with Gasteiger partial charge in [0.05, 0.1) is 12.2 Å². The molecule has 0 heterocycles. The van der Waals surface area contributed by atoms with Crippen LogP contribution in [0.3, 0.4) is 0 Å². The molecule has 0 rings (SSSR count). The molecule has 2 atom stereocenters. The monoisotopic (exact) mass is 142 g/mol. The summed E-state index contributed by atoms with van der Waals surface area (Å²) in [6.07, 6.45) is 0.552. The summed E-state index contributed by atoms with van der Waals surface area (Å²) >= 11 is 0. The first-order valence-electron chi connectivity index (χ1n) is 3.08. The van der Waals surface area contributed by atoms with Crippen LogP contribution in [0.4, 0.5) is 0 Å². The second kappa shape index (κ2) is 5.44. The second-order valence-corrected chi connectivity index (χ2v) is 2.02. The van der Waals surface area contributed by atoms with Crippen molar-refractivity contribution in [3.8, 4) is 0 Å². The zero-order valence-electron chi connectivity index (χ0n) is 6.24. The van der Waals surface area contributed by atoms with Crippen LogP contribution in [0.5, 0.6) is 0 Å². The minimum Gasteiger partial charge on any atom is -0.442 e. The number of carbonyl (C=O) groups is 1. The first kappa shape index (κ1) is 9.65. The maximum absolute atomic E-state index is 10.0. The van der Waals surface area contributed by atoms with Crippen molar-refractivity contribution < 1.29 is 14.2 Å². The maximum Gasteiger partial charge on any atom is 0.283 e. The van der Waals surface area contributed by atoms with Crippen molar-refractivity contribution in [3.63, 3.8) is 0 Å². The zero-order chi connectivity index (χ0) is 7.98. The lowest BCUT2D eigenvalue weighted by Crippen LogP contribution is -2.27. The average molecular weight is 142 g/mol. The van der Waals surface area contributed by atoms with Gasteiger partial charge in [-0.15, -0.1) is 0 Å². The Morgan fingerprint density at radius 2 is 2.30 bits per heavy atom. The first-order valence-corrected chi connectivity index (χ1v) is 3.08. The molecular formula is C6H11BO3. The molecule has 0 aromatic carbocycles.